The lowest BCUT2D eigenvalue weighted by Crippen LogP contribution is -2.10. The fourth-order valence-corrected chi connectivity index (χ4v) is 3.43. The molecule has 0 unspecified atom stereocenters. The molecule has 0 saturated heterocycles. The van der Waals surface area contributed by atoms with Gasteiger partial charge in [0.15, 0.2) is 5.78 Å². The van der Waals surface area contributed by atoms with Crippen LogP contribution in [0.2, 0.25) is 0 Å². The monoisotopic (exact) mass is 416 g/mol. The number of aryl methyl sites for hydroxylation is 2. The van der Waals surface area contributed by atoms with Crippen LogP contribution in [0.25, 0.3) is 0 Å². The zero-order chi connectivity index (χ0) is 15.6. The van der Waals surface area contributed by atoms with Crippen LogP contribution in [0.15, 0.2) is 27.1 Å². The third-order valence-electron chi connectivity index (χ3n) is 3.25. The highest BCUT2D eigenvalue weighted by molar-refractivity contribution is 9.10. The molecule has 0 aliphatic rings. The minimum Gasteiger partial charge on any atom is -0.294 e. The van der Waals surface area contributed by atoms with Crippen molar-refractivity contribution >= 4 is 37.6 Å². The van der Waals surface area contributed by atoms with Gasteiger partial charge in [0.1, 0.15) is 5.82 Å². The molecule has 1 heterocycles. The number of carbonyl (C=O) groups excluding carboxylic acids is 1. The first-order valence-corrected chi connectivity index (χ1v) is 8.28. The minimum atomic E-state index is -0.369. The summed E-state index contributed by atoms with van der Waals surface area (Å²) in [7, 11) is 0. The number of Topliss-reactive ketones (excluding diaryl/α,β-unsaturated/α-hetero) is 1. The second kappa shape index (κ2) is 6.83. The van der Waals surface area contributed by atoms with Crippen LogP contribution in [-0.2, 0) is 19.4 Å². The Labute approximate surface area is 139 Å². The van der Waals surface area contributed by atoms with Gasteiger partial charge < -0.3 is 0 Å². The van der Waals surface area contributed by atoms with Gasteiger partial charge in [-0.2, -0.15) is 5.10 Å². The van der Waals surface area contributed by atoms with Crippen LogP contribution in [0.3, 0.4) is 0 Å². The maximum absolute atomic E-state index is 13.1. The largest absolute Gasteiger partial charge is 0.294 e. The molecular weight excluding hydrogens is 403 g/mol. The molecule has 21 heavy (non-hydrogen) atoms. The summed E-state index contributed by atoms with van der Waals surface area (Å²) < 4.78 is 16.3. The van der Waals surface area contributed by atoms with E-state index in [-0.39, 0.29) is 18.0 Å². The molecule has 0 amide bonds. The Kier molecular flexibility index (Phi) is 5.32. The molecule has 0 radical (unpaired) electrons. The molecule has 6 heteroatoms. The molecule has 112 valence electrons. The summed E-state index contributed by atoms with van der Waals surface area (Å²) in [5.41, 5.74) is 2.28. The van der Waals surface area contributed by atoms with E-state index in [1.54, 1.807) is 0 Å². The number of halogens is 3. The number of aromatic nitrogens is 2. The highest BCUT2D eigenvalue weighted by Gasteiger charge is 2.19. The van der Waals surface area contributed by atoms with Crippen molar-refractivity contribution < 1.29 is 9.18 Å². The molecule has 1 aromatic carbocycles. The third kappa shape index (κ3) is 3.43. The molecule has 0 aliphatic carbocycles. The second-order valence-corrected chi connectivity index (χ2v) is 6.25. The van der Waals surface area contributed by atoms with Gasteiger partial charge in [-0.15, -0.1) is 0 Å². The van der Waals surface area contributed by atoms with E-state index in [9.17, 15) is 9.18 Å². The molecule has 0 spiro atoms. The lowest BCUT2D eigenvalue weighted by Gasteiger charge is -2.07. The molecule has 3 nitrogen and oxygen atoms in total. The molecule has 0 atom stereocenters. The predicted molar refractivity (Wildman–Crippen MR) is 87.1 cm³/mol. The smallest absolute Gasteiger partial charge is 0.169 e. The topological polar surface area (TPSA) is 34.9 Å². The molecule has 0 fully saturated rings. The number of hydrogen-bond donors (Lipinski definition) is 0. The van der Waals surface area contributed by atoms with Gasteiger partial charge in [0.25, 0.3) is 0 Å². The molecule has 0 aliphatic heterocycles. The fraction of sp³-hybridized carbons (Fsp3) is 0.333. The highest BCUT2D eigenvalue weighted by atomic mass is 79.9. The maximum Gasteiger partial charge on any atom is 0.169 e. The van der Waals surface area contributed by atoms with E-state index in [2.05, 4.69) is 37.0 Å². The van der Waals surface area contributed by atoms with Gasteiger partial charge in [0, 0.05) is 16.6 Å². The quantitative estimate of drug-likeness (QED) is 0.668. The van der Waals surface area contributed by atoms with Crippen LogP contribution in [0, 0.1) is 5.82 Å². The molecule has 2 aromatic rings. The van der Waals surface area contributed by atoms with E-state index in [0.29, 0.717) is 16.6 Å². The Morgan fingerprint density at radius 3 is 2.62 bits per heavy atom. The molecule has 1 aromatic heterocycles. The van der Waals surface area contributed by atoms with Crippen molar-refractivity contribution in [3.8, 4) is 0 Å². The first kappa shape index (κ1) is 16.4. The average molecular weight is 418 g/mol. The lowest BCUT2D eigenvalue weighted by molar-refractivity contribution is 0.0989. The summed E-state index contributed by atoms with van der Waals surface area (Å²) in [5, 5.41) is 4.48. The van der Waals surface area contributed by atoms with Crippen molar-refractivity contribution in [2.45, 2.75) is 33.2 Å². The molecular formula is C15H15Br2FN2O. The average Bonchev–Trinajstić information content (AvgIpc) is 2.75. The van der Waals surface area contributed by atoms with Crippen molar-refractivity contribution in [1.82, 2.24) is 9.78 Å². The van der Waals surface area contributed by atoms with Crippen LogP contribution in [0.5, 0.6) is 0 Å². The van der Waals surface area contributed by atoms with Crippen LogP contribution < -0.4 is 0 Å². The van der Waals surface area contributed by atoms with Crippen LogP contribution in [0.1, 0.15) is 35.6 Å². The molecule has 0 bridgehead atoms. The number of carbonyl (C=O) groups is 1. The molecule has 2 rings (SSSR count). The Bertz CT molecular complexity index is 683. The van der Waals surface area contributed by atoms with Crippen molar-refractivity contribution in [2.24, 2.45) is 0 Å². The minimum absolute atomic E-state index is 0.0696. The summed E-state index contributed by atoms with van der Waals surface area (Å²) in [6, 6.07) is 4.10. The second-order valence-electron chi connectivity index (χ2n) is 4.60. The van der Waals surface area contributed by atoms with Gasteiger partial charge in [-0.3, -0.25) is 9.48 Å². The molecule has 0 N–H and O–H groups in total. The van der Waals surface area contributed by atoms with Crippen LogP contribution in [-0.4, -0.2) is 15.6 Å². The van der Waals surface area contributed by atoms with Gasteiger partial charge >= 0.3 is 0 Å². The predicted octanol–water partition coefficient (Wildman–Crippen LogP) is 4.55. The van der Waals surface area contributed by atoms with Crippen molar-refractivity contribution in [2.75, 3.05) is 0 Å². The summed E-state index contributed by atoms with van der Waals surface area (Å²) in [6.45, 7) is 4.71. The summed E-state index contributed by atoms with van der Waals surface area (Å²) in [4.78, 5) is 12.4. The zero-order valence-corrected chi connectivity index (χ0v) is 15.0. The van der Waals surface area contributed by atoms with Crippen LogP contribution >= 0.6 is 31.9 Å². The number of rotatable bonds is 5. The van der Waals surface area contributed by atoms with Gasteiger partial charge in [0.05, 0.1) is 22.3 Å². The first-order valence-electron chi connectivity index (χ1n) is 6.70. The van der Waals surface area contributed by atoms with E-state index >= 15 is 0 Å². The van der Waals surface area contributed by atoms with Crippen molar-refractivity contribution in [3.05, 3.63) is 49.9 Å². The third-order valence-corrected chi connectivity index (χ3v) is 4.83. The fourth-order valence-electron chi connectivity index (χ4n) is 2.15. The maximum atomic E-state index is 13.1. The highest BCUT2D eigenvalue weighted by Crippen LogP contribution is 2.25. The van der Waals surface area contributed by atoms with Gasteiger partial charge in [-0.05, 0) is 63.4 Å². The Balaban J connectivity index is 2.33. The number of ketones is 1. The normalized spacial score (nSPS) is 10.9. The van der Waals surface area contributed by atoms with E-state index in [1.807, 2.05) is 18.5 Å². The van der Waals surface area contributed by atoms with Gasteiger partial charge in [0.2, 0.25) is 0 Å². The number of benzene rings is 1. The summed E-state index contributed by atoms with van der Waals surface area (Å²) in [5.74, 6) is -0.439. The van der Waals surface area contributed by atoms with Crippen molar-refractivity contribution in [1.29, 1.82) is 0 Å². The lowest BCUT2D eigenvalue weighted by atomic mass is 10.1. The van der Waals surface area contributed by atoms with Crippen molar-refractivity contribution in [3.63, 3.8) is 0 Å². The number of hydrogen-bond acceptors (Lipinski definition) is 2. The Morgan fingerprint density at radius 1 is 1.33 bits per heavy atom. The van der Waals surface area contributed by atoms with E-state index in [4.69, 9.17) is 0 Å². The summed E-state index contributed by atoms with van der Waals surface area (Å²) in [6.07, 6.45) is 1.03. The standard InChI is InChI=1S/C15H15Br2FN2O/c1-3-12-15(17)13(20(4-2)19-12)8-14(21)10-6-5-9(18)7-11(10)16/h5-7H,3-4,8H2,1-2H3. The van der Waals surface area contributed by atoms with Crippen LogP contribution in [0.4, 0.5) is 4.39 Å². The first-order chi connectivity index (χ1) is 9.97. The van der Waals surface area contributed by atoms with Gasteiger partial charge in [-0.25, -0.2) is 4.39 Å². The zero-order valence-electron chi connectivity index (χ0n) is 11.8. The Hall–Kier alpha value is -1.01. The SMILES string of the molecule is CCc1nn(CC)c(CC(=O)c2ccc(F)cc2Br)c1Br. The van der Waals surface area contributed by atoms with E-state index < -0.39 is 0 Å². The summed E-state index contributed by atoms with van der Waals surface area (Å²) >= 11 is 6.77. The van der Waals surface area contributed by atoms with Gasteiger partial charge in [-0.1, -0.05) is 6.92 Å². The Morgan fingerprint density at radius 2 is 2.05 bits per heavy atom. The van der Waals surface area contributed by atoms with E-state index in [0.717, 1.165) is 22.3 Å². The number of nitrogens with zero attached hydrogens (tertiary/aromatic N) is 2. The molecule has 0 saturated carbocycles. The van der Waals surface area contributed by atoms with E-state index in [1.165, 1.54) is 18.2 Å².